The van der Waals surface area contributed by atoms with Crippen molar-refractivity contribution in [1.29, 1.82) is 0 Å². The number of rotatable bonds is 6. The van der Waals surface area contributed by atoms with Crippen LogP contribution in [0.3, 0.4) is 0 Å². The first-order valence-electron chi connectivity index (χ1n) is 7.33. The number of morpholine rings is 1. The summed E-state index contributed by atoms with van der Waals surface area (Å²) >= 11 is 1.66. The highest BCUT2D eigenvalue weighted by Gasteiger charge is 2.11. The zero-order valence-electron chi connectivity index (χ0n) is 12.4. The molecule has 20 heavy (non-hydrogen) atoms. The summed E-state index contributed by atoms with van der Waals surface area (Å²) < 4.78 is 5.31. The summed E-state index contributed by atoms with van der Waals surface area (Å²) in [4.78, 5) is 15.6. The Morgan fingerprint density at radius 2 is 2.20 bits per heavy atom. The van der Waals surface area contributed by atoms with Crippen LogP contribution in [0.2, 0.25) is 0 Å². The van der Waals surface area contributed by atoms with Gasteiger partial charge < -0.3 is 10.1 Å². The van der Waals surface area contributed by atoms with Crippen molar-refractivity contribution in [2.75, 3.05) is 39.4 Å². The zero-order chi connectivity index (χ0) is 14.4. The summed E-state index contributed by atoms with van der Waals surface area (Å²) in [6, 6.07) is 2.01. The number of ether oxygens (including phenoxy) is 1. The van der Waals surface area contributed by atoms with Crippen LogP contribution in [0.4, 0.5) is 0 Å². The molecule has 2 heterocycles. The Bertz CT molecular complexity index is 425. The maximum atomic E-state index is 12.0. The van der Waals surface area contributed by atoms with Crippen LogP contribution in [-0.2, 0) is 4.74 Å². The lowest BCUT2D eigenvalue weighted by molar-refractivity contribution is 0.0374. The SMILES string of the molecule is CC(C)c1cc(C(=O)NCCCN2CCOCC2)cs1. The fourth-order valence-corrected chi connectivity index (χ4v) is 3.11. The standard InChI is InChI=1S/C15H24N2O2S/c1-12(2)14-10-13(11-20-14)15(18)16-4-3-5-17-6-8-19-9-7-17/h10-12H,3-9H2,1-2H3,(H,16,18). The van der Waals surface area contributed by atoms with Crippen molar-refractivity contribution in [3.05, 3.63) is 21.9 Å². The Kier molecular flexibility index (Phi) is 6.01. The van der Waals surface area contributed by atoms with Gasteiger partial charge in [0.1, 0.15) is 0 Å². The molecule has 0 atom stereocenters. The predicted molar refractivity (Wildman–Crippen MR) is 82.6 cm³/mol. The Balaban J connectivity index is 1.66. The summed E-state index contributed by atoms with van der Waals surface area (Å²) in [6.07, 6.45) is 0.993. The van der Waals surface area contributed by atoms with Gasteiger partial charge in [-0.1, -0.05) is 13.8 Å². The molecular weight excluding hydrogens is 272 g/mol. The quantitative estimate of drug-likeness (QED) is 0.819. The number of hydrogen-bond acceptors (Lipinski definition) is 4. The van der Waals surface area contributed by atoms with E-state index in [9.17, 15) is 4.79 Å². The van der Waals surface area contributed by atoms with E-state index in [0.717, 1.165) is 51.4 Å². The number of nitrogens with zero attached hydrogens (tertiary/aromatic N) is 1. The van der Waals surface area contributed by atoms with Crippen LogP contribution in [0.25, 0.3) is 0 Å². The van der Waals surface area contributed by atoms with Crippen molar-refractivity contribution in [2.45, 2.75) is 26.2 Å². The smallest absolute Gasteiger partial charge is 0.252 e. The van der Waals surface area contributed by atoms with Crippen LogP contribution in [0, 0.1) is 0 Å². The van der Waals surface area contributed by atoms with Gasteiger partial charge in [-0.3, -0.25) is 9.69 Å². The molecule has 1 amide bonds. The molecule has 0 unspecified atom stereocenters. The number of nitrogens with one attached hydrogen (secondary N) is 1. The lowest BCUT2D eigenvalue weighted by Gasteiger charge is -2.26. The van der Waals surface area contributed by atoms with Crippen molar-refractivity contribution in [2.24, 2.45) is 0 Å². The van der Waals surface area contributed by atoms with Crippen LogP contribution in [0.5, 0.6) is 0 Å². The van der Waals surface area contributed by atoms with Crippen molar-refractivity contribution >= 4 is 17.2 Å². The van der Waals surface area contributed by atoms with E-state index in [1.54, 1.807) is 11.3 Å². The monoisotopic (exact) mass is 296 g/mol. The van der Waals surface area contributed by atoms with Crippen LogP contribution in [0.1, 0.15) is 41.4 Å². The molecule has 4 nitrogen and oxygen atoms in total. The molecule has 0 aromatic carbocycles. The lowest BCUT2D eigenvalue weighted by atomic mass is 10.1. The van der Waals surface area contributed by atoms with E-state index >= 15 is 0 Å². The van der Waals surface area contributed by atoms with Gasteiger partial charge >= 0.3 is 0 Å². The molecule has 5 heteroatoms. The molecule has 0 radical (unpaired) electrons. The first-order chi connectivity index (χ1) is 9.66. The molecule has 2 rings (SSSR count). The molecule has 0 spiro atoms. The zero-order valence-corrected chi connectivity index (χ0v) is 13.2. The predicted octanol–water partition coefficient (Wildman–Crippen LogP) is 2.32. The topological polar surface area (TPSA) is 41.6 Å². The van der Waals surface area contributed by atoms with Crippen molar-refractivity contribution in [3.8, 4) is 0 Å². The molecule has 1 aromatic rings. The molecule has 1 saturated heterocycles. The van der Waals surface area contributed by atoms with Crippen LogP contribution in [-0.4, -0.2) is 50.2 Å². The van der Waals surface area contributed by atoms with Gasteiger partial charge in [0.15, 0.2) is 0 Å². The Morgan fingerprint density at radius 1 is 1.45 bits per heavy atom. The second kappa shape index (κ2) is 7.76. The summed E-state index contributed by atoms with van der Waals surface area (Å²) in [5.41, 5.74) is 0.796. The Morgan fingerprint density at radius 3 is 2.85 bits per heavy atom. The minimum Gasteiger partial charge on any atom is -0.379 e. The van der Waals surface area contributed by atoms with Crippen LogP contribution in [0.15, 0.2) is 11.4 Å². The number of carbonyl (C=O) groups is 1. The van der Waals surface area contributed by atoms with Gasteiger partial charge in [-0.15, -0.1) is 11.3 Å². The molecule has 0 bridgehead atoms. The molecule has 0 saturated carbocycles. The minimum atomic E-state index is 0.0510. The highest BCUT2D eigenvalue weighted by Crippen LogP contribution is 2.22. The normalized spacial score (nSPS) is 16.6. The third kappa shape index (κ3) is 4.58. The second-order valence-corrected chi connectivity index (χ2v) is 6.40. The number of hydrogen-bond donors (Lipinski definition) is 1. The van der Waals surface area contributed by atoms with E-state index in [0.29, 0.717) is 5.92 Å². The van der Waals surface area contributed by atoms with Gasteiger partial charge in [0.2, 0.25) is 0 Å². The van der Waals surface area contributed by atoms with Gasteiger partial charge in [-0.25, -0.2) is 0 Å². The summed E-state index contributed by atoms with van der Waals surface area (Å²) in [5.74, 6) is 0.540. The molecule has 112 valence electrons. The average molecular weight is 296 g/mol. The van der Waals surface area contributed by atoms with Crippen LogP contribution < -0.4 is 5.32 Å². The van der Waals surface area contributed by atoms with Crippen molar-refractivity contribution in [1.82, 2.24) is 10.2 Å². The largest absolute Gasteiger partial charge is 0.379 e. The molecule has 1 N–H and O–H groups in total. The third-order valence-electron chi connectivity index (χ3n) is 3.49. The summed E-state index contributed by atoms with van der Waals surface area (Å²) in [6.45, 7) is 9.75. The Labute approximate surface area is 125 Å². The minimum absolute atomic E-state index is 0.0510. The number of amides is 1. The van der Waals surface area contributed by atoms with Gasteiger partial charge in [-0.2, -0.15) is 0 Å². The van der Waals surface area contributed by atoms with E-state index < -0.39 is 0 Å². The molecular formula is C15H24N2O2S. The highest BCUT2D eigenvalue weighted by molar-refractivity contribution is 7.10. The summed E-state index contributed by atoms with van der Waals surface area (Å²) in [5, 5.41) is 4.95. The molecule has 1 fully saturated rings. The van der Waals surface area contributed by atoms with Gasteiger partial charge in [0.05, 0.1) is 18.8 Å². The average Bonchev–Trinajstić information content (AvgIpc) is 2.94. The second-order valence-electron chi connectivity index (χ2n) is 5.46. The highest BCUT2D eigenvalue weighted by atomic mass is 32.1. The number of thiophene rings is 1. The first-order valence-corrected chi connectivity index (χ1v) is 8.21. The molecule has 0 aliphatic carbocycles. The third-order valence-corrected chi connectivity index (χ3v) is 4.72. The van der Waals surface area contributed by atoms with E-state index in [1.165, 1.54) is 4.88 Å². The van der Waals surface area contributed by atoms with Gasteiger partial charge in [-0.05, 0) is 24.9 Å². The van der Waals surface area contributed by atoms with E-state index in [2.05, 4.69) is 24.1 Å². The lowest BCUT2D eigenvalue weighted by Crippen LogP contribution is -2.38. The molecule has 1 aromatic heterocycles. The van der Waals surface area contributed by atoms with E-state index in [1.807, 2.05) is 11.4 Å². The maximum Gasteiger partial charge on any atom is 0.252 e. The van der Waals surface area contributed by atoms with E-state index in [4.69, 9.17) is 4.74 Å². The Hall–Kier alpha value is -0.910. The first kappa shape index (κ1) is 15.5. The number of carbonyl (C=O) groups excluding carboxylic acids is 1. The van der Waals surface area contributed by atoms with Gasteiger partial charge in [0.25, 0.3) is 5.91 Å². The van der Waals surface area contributed by atoms with Gasteiger partial charge in [0, 0.05) is 29.9 Å². The van der Waals surface area contributed by atoms with E-state index in [-0.39, 0.29) is 5.91 Å². The molecule has 1 aliphatic heterocycles. The van der Waals surface area contributed by atoms with Crippen molar-refractivity contribution < 1.29 is 9.53 Å². The summed E-state index contributed by atoms with van der Waals surface area (Å²) in [7, 11) is 0. The van der Waals surface area contributed by atoms with Crippen molar-refractivity contribution in [3.63, 3.8) is 0 Å². The fraction of sp³-hybridized carbons (Fsp3) is 0.667. The molecule has 1 aliphatic rings. The maximum absolute atomic E-state index is 12.0. The van der Waals surface area contributed by atoms with Crippen LogP contribution >= 0.6 is 11.3 Å². The fourth-order valence-electron chi connectivity index (χ4n) is 2.21.